The van der Waals surface area contributed by atoms with Crippen molar-refractivity contribution in [2.75, 3.05) is 31.6 Å². The van der Waals surface area contributed by atoms with Crippen LogP contribution in [0, 0.1) is 12.8 Å². The van der Waals surface area contributed by atoms with Crippen LogP contribution in [0.4, 0.5) is 5.69 Å². The summed E-state index contributed by atoms with van der Waals surface area (Å²) in [5.74, 6) is 0.279. The van der Waals surface area contributed by atoms with Gasteiger partial charge in [-0.05, 0) is 54.8 Å². The molecule has 34 heavy (non-hydrogen) atoms. The van der Waals surface area contributed by atoms with Crippen LogP contribution in [0.5, 0.6) is 0 Å². The fourth-order valence-corrected chi connectivity index (χ4v) is 4.43. The molecule has 0 radical (unpaired) electrons. The number of aryl methyl sites for hydroxylation is 1. The molecule has 1 fully saturated rings. The van der Waals surface area contributed by atoms with Gasteiger partial charge in [-0.25, -0.2) is 4.98 Å². The third-order valence-electron chi connectivity index (χ3n) is 6.27. The third-order valence-corrected chi connectivity index (χ3v) is 6.27. The van der Waals surface area contributed by atoms with Crippen molar-refractivity contribution in [2.45, 2.75) is 19.9 Å². The van der Waals surface area contributed by atoms with Crippen LogP contribution in [0.1, 0.15) is 27.2 Å². The Morgan fingerprint density at radius 1 is 1.15 bits per heavy atom. The van der Waals surface area contributed by atoms with Crippen molar-refractivity contribution >= 4 is 17.2 Å². The first-order chi connectivity index (χ1) is 16.7. The van der Waals surface area contributed by atoms with E-state index in [2.05, 4.69) is 27.5 Å². The zero-order chi connectivity index (χ0) is 23.3. The third kappa shape index (κ3) is 5.10. The Morgan fingerprint density at radius 2 is 2.09 bits per heavy atom. The number of ether oxygens (including phenoxy) is 1. The molecule has 0 spiro atoms. The second kappa shape index (κ2) is 10.1. The lowest BCUT2D eigenvalue weighted by Crippen LogP contribution is -2.36. The highest BCUT2D eigenvalue weighted by atomic mass is 16.5. The smallest absolute Gasteiger partial charge is 0.254 e. The number of hydrogen-bond acceptors (Lipinski definition) is 5. The van der Waals surface area contributed by atoms with Gasteiger partial charge in [-0.2, -0.15) is 0 Å². The van der Waals surface area contributed by atoms with Crippen molar-refractivity contribution in [2.24, 2.45) is 5.92 Å². The summed E-state index contributed by atoms with van der Waals surface area (Å²) >= 11 is 0. The van der Waals surface area contributed by atoms with Crippen LogP contribution < -0.4 is 5.32 Å². The lowest BCUT2D eigenvalue weighted by Gasteiger charge is -2.24. The number of hydrogen-bond donors (Lipinski definition) is 1. The average molecular weight is 456 g/mol. The number of carbonyl (C=O) groups is 1. The molecule has 1 aromatic carbocycles. The first kappa shape index (κ1) is 22.1. The number of amides is 1. The van der Waals surface area contributed by atoms with Gasteiger partial charge in [0.25, 0.3) is 5.91 Å². The number of benzene rings is 1. The first-order valence-corrected chi connectivity index (χ1v) is 11.7. The summed E-state index contributed by atoms with van der Waals surface area (Å²) in [6.45, 7) is 5.13. The molecule has 4 heterocycles. The Morgan fingerprint density at radius 3 is 2.97 bits per heavy atom. The van der Waals surface area contributed by atoms with Crippen molar-refractivity contribution in [3.63, 3.8) is 0 Å². The maximum atomic E-state index is 13.4. The molecule has 1 N–H and O–H groups in total. The predicted molar refractivity (Wildman–Crippen MR) is 132 cm³/mol. The van der Waals surface area contributed by atoms with E-state index in [9.17, 15) is 4.79 Å². The highest BCUT2D eigenvalue weighted by Crippen LogP contribution is 2.21. The number of rotatable bonds is 6. The van der Waals surface area contributed by atoms with Crippen LogP contribution in [0.3, 0.4) is 0 Å². The molecule has 0 bridgehead atoms. The van der Waals surface area contributed by atoms with Gasteiger partial charge >= 0.3 is 0 Å². The zero-order valence-corrected chi connectivity index (χ0v) is 19.4. The van der Waals surface area contributed by atoms with Crippen LogP contribution in [0.25, 0.3) is 5.65 Å². The molecular weight excluding hydrogens is 426 g/mol. The van der Waals surface area contributed by atoms with Gasteiger partial charge in [0.05, 0.1) is 25.5 Å². The molecular formula is C27H29N5O2. The van der Waals surface area contributed by atoms with Gasteiger partial charge in [-0.3, -0.25) is 9.78 Å². The highest BCUT2D eigenvalue weighted by molar-refractivity contribution is 5.95. The zero-order valence-electron chi connectivity index (χ0n) is 19.4. The van der Waals surface area contributed by atoms with Crippen molar-refractivity contribution in [1.82, 2.24) is 19.3 Å². The van der Waals surface area contributed by atoms with E-state index < -0.39 is 0 Å². The van der Waals surface area contributed by atoms with Crippen molar-refractivity contribution in [1.29, 1.82) is 0 Å². The fraction of sp³-hybridized carbons (Fsp3) is 0.296. The normalized spacial score (nSPS) is 16.4. The summed E-state index contributed by atoms with van der Waals surface area (Å²) in [6.07, 6.45) is 8.50. The number of nitrogens with one attached hydrogen (secondary N) is 1. The summed E-state index contributed by atoms with van der Waals surface area (Å²) in [5, 5.41) is 3.43. The second-order valence-corrected chi connectivity index (χ2v) is 8.83. The largest absolute Gasteiger partial charge is 0.379 e. The number of imidazole rings is 1. The number of aromatic nitrogens is 3. The monoisotopic (exact) mass is 455 g/mol. The molecule has 174 valence electrons. The lowest BCUT2D eigenvalue weighted by atomic mass is 10.00. The number of nitrogens with zero attached hydrogens (tertiary/aromatic N) is 4. The van der Waals surface area contributed by atoms with Gasteiger partial charge in [0, 0.05) is 55.0 Å². The molecule has 4 aromatic rings. The van der Waals surface area contributed by atoms with E-state index in [1.165, 1.54) is 5.56 Å². The van der Waals surface area contributed by atoms with E-state index >= 15 is 0 Å². The molecule has 7 nitrogen and oxygen atoms in total. The van der Waals surface area contributed by atoms with E-state index in [-0.39, 0.29) is 11.8 Å². The average Bonchev–Trinajstić information content (AvgIpc) is 3.21. The predicted octanol–water partition coefficient (Wildman–Crippen LogP) is 3.98. The van der Waals surface area contributed by atoms with E-state index in [1.807, 2.05) is 64.9 Å². The van der Waals surface area contributed by atoms with Crippen molar-refractivity contribution in [3.05, 3.63) is 95.7 Å². The van der Waals surface area contributed by atoms with E-state index in [4.69, 9.17) is 4.74 Å². The van der Waals surface area contributed by atoms with Gasteiger partial charge < -0.3 is 19.4 Å². The summed E-state index contributed by atoms with van der Waals surface area (Å²) in [7, 11) is 0. The summed E-state index contributed by atoms with van der Waals surface area (Å²) in [4.78, 5) is 24.1. The molecule has 0 unspecified atom stereocenters. The summed E-state index contributed by atoms with van der Waals surface area (Å²) < 4.78 is 7.90. The lowest BCUT2D eigenvalue weighted by molar-refractivity contribution is 0.0737. The number of anilines is 1. The van der Waals surface area contributed by atoms with Gasteiger partial charge in [-0.15, -0.1) is 0 Å². The maximum absolute atomic E-state index is 13.4. The first-order valence-electron chi connectivity index (χ1n) is 11.7. The summed E-state index contributed by atoms with van der Waals surface area (Å²) in [5.41, 5.74) is 5.84. The molecule has 0 saturated carbocycles. The Labute approximate surface area is 199 Å². The minimum absolute atomic E-state index is 0.0430. The van der Waals surface area contributed by atoms with Crippen LogP contribution >= 0.6 is 0 Å². The SMILES string of the molecule is Cc1ccc(C(=O)N2CCOC[C@@H](Cc3ccc4nccn4c3)C2)cc1NCc1ccccn1. The van der Waals surface area contributed by atoms with E-state index in [0.29, 0.717) is 38.4 Å². The molecule has 0 aliphatic carbocycles. The van der Waals surface area contributed by atoms with Crippen LogP contribution in [0.2, 0.25) is 0 Å². The molecule has 1 saturated heterocycles. The van der Waals surface area contributed by atoms with Crippen LogP contribution in [-0.2, 0) is 17.7 Å². The standard InChI is InChI=1S/C27H29N5O2/c1-20-5-7-23(15-25(20)30-16-24-4-2-3-9-28-24)27(33)32-12-13-34-19-22(18-32)14-21-6-8-26-29-10-11-31(26)17-21/h2-11,15,17,22,30H,12-14,16,18-19H2,1H3/t22-/m0/s1. The summed E-state index contributed by atoms with van der Waals surface area (Å²) in [6, 6.07) is 15.9. The maximum Gasteiger partial charge on any atom is 0.254 e. The van der Waals surface area contributed by atoms with Gasteiger partial charge in [0.1, 0.15) is 5.65 Å². The highest BCUT2D eigenvalue weighted by Gasteiger charge is 2.24. The van der Waals surface area contributed by atoms with Gasteiger partial charge in [0.2, 0.25) is 0 Å². The van der Waals surface area contributed by atoms with Crippen molar-refractivity contribution in [3.8, 4) is 0 Å². The number of fused-ring (bicyclic) bond motifs is 1. The molecule has 5 rings (SSSR count). The number of pyridine rings is 2. The van der Waals surface area contributed by atoms with Gasteiger partial charge in [0.15, 0.2) is 0 Å². The Balaban J connectivity index is 1.27. The molecule has 1 aliphatic heterocycles. The fourth-order valence-electron chi connectivity index (χ4n) is 4.43. The topological polar surface area (TPSA) is 71.8 Å². The van der Waals surface area contributed by atoms with E-state index in [0.717, 1.165) is 29.0 Å². The van der Waals surface area contributed by atoms with Crippen LogP contribution in [0.15, 0.2) is 73.3 Å². The molecule has 1 atom stereocenters. The Hall–Kier alpha value is -3.71. The second-order valence-electron chi connectivity index (χ2n) is 8.83. The molecule has 1 amide bonds. The Bertz CT molecular complexity index is 1270. The molecule has 7 heteroatoms. The molecule has 1 aliphatic rings. The van der Waals surface area contributed by atoms with Gasteiger partial charge in [-0.1, -0.05) is 18.2 Å². The number of carbonyl (C=O) groups excluding carboxylic acids is 1. The quantitative estimate of drug-likeness (QED) is 0.476. The van der Waals surface area contributed by atoms with E-state index in [1.54, 1.807) is 12.4 Å². The van der Waals surface area contributed by atoms with Crippen molar-refractivity contribution < 1.29 is 9.53 Å². The minimum Gasteiger partial charge on any atom is -0.379 e. The van der Waals surface area contributed by atoms with Crippen LogP contribution in [-0.4, -0.2) is 51.5 Å². The molecule has 3 aromatic heterocycles. The Kier molecular flexibility index (Phi) is 6.53. The minimum atomic E-state index is 0.0430.